The van der Waals surface area contributed by atoms with Crippen LogP contribution in [-0.2, 0) is 0 Å². The number of rotatable bonds is 1. The van der Waals surface area contributed by atoms with E-state index >= 15 is 0 Å². The Hall–Kier alpha value is -2.16. The molecule has 0 saturated heterocycles. The second-order valence-corrected chi connectivity index (χ2v) is 3.85. The first-order chi connectivity index (χ1) is 7.83. The van der Waals surface area contributed by atoms with E-state index in [1.807, 2.05) is 43.6 Å². The molecule has 78 valence electrons. The number of pyridine rings is 1. The number of imidazole rings is 1. The van der Waals surface area contributed by atoms with Crippen molar-refractivity contribution in [3.05, 3.63) is 48.3 Å². The Balaban J connectivity index is 2.19. The molecule has 0 saturated carbocycles. The van der Waals surface area contributed by atoms with Crippen molar-refractivity contribution in [3.8, 4) is 11.4 Å². The topological polar surface area (TPSA) is 41.6 Å². The van der Waals surface area contributed by atoms with Crippen molar-refractivity contribution in [1.29, 1.82) is 0 Å². The third-order valence-corrected chi connectivity index (χ3v) is 2.54. The van der Waals surface area contributed by atoms with E-state index in [0.717, 1.165) is 28.0 Å². The number of hydrogen-bond acceptors (Lipinski definition) is 2. The Morgan fingerprint density at radius 2 is 2.00 bits per heavy atom. The summed E-state index contributed by atoms with van der Waals surface area (Å²) in [5.41, 5.74) is 4.20. The average Bonchev–Trinajstić information content (AvgIpc) is 2.72. The van der Waals surface area contributed by atoms with Crippen LogP contribution < -0.4 is 0 Å². The van der Waals surface area contributed by atoms with E-state index in [2.05, 4.69) is 21.0 Å². The van der Waals surface area contributed by atoms with E-state index < -0.39 is 0 Å². The number of para-hydroxylation sites is 2. The first kappa shape index (κ1) is 9.09. The number of nitrogens with zero attached hydrogens (tertiary/aromatic N) is 2. The van der Waals surface area contributed by atoms with Gasteiger partial charge in [0.25, 0.3) is 0 Å². The van der Waals surface area contributed by atoms with E-state index in [1.165, 1.54) is 0 Å². The van der Waals surface area contributed by atoms with Gasteiger partial charge in [-0.25, -0.2) is 4.98 Å². The van der Waals surface area contributed by atoms with E-state index in [-0.39, 0.29) is 0 Å². The molecule has 0 aliphatic heterocycles. The molecule has 2 aromatic heterocycles. The fourth-order valence-electron chi connectivity index (χ4n) is 1.77. The van der Waals surface area contributed by atoms with Crippen LogP contribution in [0.25, 0.3) is 22.4 Å². The molecule has 0 aliphatic rings. The Labute approximate surface area is 93.2 Å². The predicted octanol–water partition coefficient (Wildman–Crippen LogP) is 2.93. The molecule has 0 spiro atoms. The highest BCUT2D eigenvalue weighted by Gasteiger charge is 2.04. The Morgan fingerprint density at radius 1 is 1.12 bits per heavy atom. The second-order valence-electron chi connectivity index (χ2n) is 3.85. The van der Waals surface area contributed by atoms with Gasteiger partial charge in [0, 0.05) is 18.0 Å². The standard InChI is InChI=1S/C13H11N3/c1-9-6-10(8-14-7-9)13-15-11-4-2-3-5-12(11)16-13/h2-8H,1H3,(H,15,16). The maximum atomic E-state index is 4.53. The van der Waals surface area contributed by atoms with E-state index in [4.69, 9.17) is 0 Å². The van der Waals surface area contributed by atoms with Gasteiger partial charge in [0.1, 0.15) is 5.82 Å². The van der Waals surface area contributed by atoms with Gasteiger partial charge in [0.15, 0.2) is 0 Å². The molecule has 2 heterocycles. The first-order valence-electron chi connectivity index (χ1n) is 5.20. The molecule has 0 fully saturated rings. The van der Waals surface area contributed by atoms with Crippen molar-refractivity contribution in [3.63, 3.8) is 0 Å². The number of hydrogen-bond donors (Lipinski definition) is 1. The lowest BCUT2D eigenvalue weighted by Gasteiger charge is -1.96. The summed E-state index contributed by atoms with van der Waals surface area (Å²) < 4.78 is 0. The van der Waals surface area contributed by atoms with Gasteiger partial charge in [-0.1, -0.05) is 12.1 Å². The summed E-state index contributed by atoms with van der Waals surface area (Å²) in [6, 6.07) is 10.1. The lowest BCUT2D eigenvalue weighted by Crippen LogP contribution is -1.83. The summed E-state index contributed by atoms with van der Waals surface area (Å²) in [5, 5.41) is 0. The van der Waals surface area contributed by atoms with Gasteiger partial charge in [-0.2, -0.15) is 0 Å². The summed E-state index contributed by atoms with van der Waals surface area (Å²) in [6.07, 6.45) is 3.66. The smallest absolute Gasteiger partial charge is 0.140 e. The summed E-state index contributed by atoms with van der Waals surface area (Å²) in [4.78, 5) is 12.0. The molecule has 0 amide bonds. The molecule has 3 heteroatoms. The SMILES string of the molecule is Cc1cncc(-c2nc3ccccc3[nH]2)c1. The zero-order valence-electron chi connectivity index (χ0n) is 8.94. The Bertz CT molecular complexity index is 607. The van der Waals surface area contributed by atoms with Gasteiger partial charge in [-0.15, -0.1) is 0 Å². The van der Waals surface area contributed by atoms with Crippen LogP contribution in [0.15, 0.2) is 42.7 Å². The van der Waals surface area contributed by atoms with Crippen LogP contribution in [0.4, 0.5) is 0 Å². The van der Waals surface area contributed by atoms with Crippen molar-refractivity contribution in [2.75, 3.05) is 0 Å². The normalized spacial score (nSPS) is 10.8. The second kappa shape index (κ2) is 3.45. The van der Waals surface area contributed by atoms with Gasteiger partial charge >= 0.3 is 0 Å². The van der Waals surface area contributed by atoms with Crippen molar-refractivity contribution in [2.45, 2.75) is 6.92 Å². The molecule has 1 N–H and O–H groups in total. The van der Waals surface area contributed by atoms with Gasteiger partial charge in [-0.05, 0) is 30.7 Å². The molecular weight excluding hydrogens is 198 g/mol. The zero-order chi connectivity index (χ0) is 11.0. The third-order valence-electron chi connectivity index (χ3n) is 2.54. The molecule has 3 aromatic rings. The number of aromatic nitrogens is 3. The number of aryl methyl sites for hydroxylation is 1. The number of aromatic amines is 1. The van der Waals surface area contributed by atoms with E-state index in [1.54, 1.807) is 0 Å². The molecule has 3 nitrogen and oxygen atoms in total. The lowest BCUT2D eigenvalue weighted by atomic mass is 10.2. The highest BCUT2D eigenvalue weighted by Crippen LogP contribution is 2.19. The summed E-state index contributed by atoms with van der Waals surface area (Å²) >= 11 is 0. The fourth-order valence-corrected chi connectivity index (χ4v) is 1.77. The minimum absolute atomic E-state index is 0.873. The maximum absolute atomic E-state index is 4.53. The minimum Gasteiger partial charge on any atom is -0.338 e. The predicted molar refractivity (Wildman–Crippen MR) is 64.1 cm³/mol. The fraction of sp³-hybridized carbons (Fsp3) is 0.0769. The molecule has 0 radical (unpaired) electrons. The van der Waals surface area contributed by atoms with Gasteiger partial charge in [0.2, 0.25) is 0 Å². The number of nitrogens with one attached hydrogen (secondary N) is 1. The average molecular weight is 209 g/mol. The molecule has 3 rings (SSSR count). The highest BCUT2D eigenvalue weighted by atomic mass is 14.9. The number of benzene rings is 1. The van der Waals surface area contributed by atoms with E-state index in [0.29, 0.717) is 0 Å². The molecule has 0 unspecified atom stereocenters. The molecule has 0 aliphatic carbocycles. The summed E-state index contributed by atoms with van der Waals surface area (Å²) in [7, 11) is 0. The van der Waals surface area contributed by atoms with Crippen LogP contribution in [0.3, 0.4) is 0 Å². The van der Waals surface area contributed by atoms with Crippen LogP contribution in [-0.4, -0.2) is 15.0 Å². The van der Waals surface area contributed by atoms with E-state index in [9.17, 15) is 0 Å². The monoisotopic (exact) mass is 209 g/mol. The van der Waals surface area contributed by atoms with Crippen LogP contribution >= 0.6 is 0 Å². The van der Waals surface area contributed by atoms with Crippen LogP contribution in [0, 0.1) is 6.92 Å². The van der Waals surface area contributed by atoms with Crippen LogP contribution in [0.2, 0.25) is 0 Å². The van der Waals surface area contributed by atoms with Crippen LogP contribution in [0.5, 0.6) is 0 Å². The molecule has 0 atom stereocenters. The van der Waals surface area contributed by atoms with Crippen molar-refractivity contribution < 1.29 is 0 Å². The largest absolute Gasteiger partial charge is 0.338 e. The quantitative estimate of drug-likeness (QED) is 0.669. The summed E-state index contributed by atoms with van der Waals surface area (Å²) in [5.74, 6) is 0.873. The number of fused-ring (bicyclic) bond motifs is 1. The highest BCUT2D eigenvalue weighted by molar-refractivity contribution is 5.79. The number of H-pyrrole nitrogens is 1. The minimum atomic E-state index is 0.873. The lowest BCUT2D eigenvalue weighted by molar-refractivity contribution is 1.24. The van der Waals surface area contributed by atoms with Crippen LogP contribution in [0.1, 0.15) is 5.56 Å². The molecule has 1 aromatic carbocycles. The Kier molecular flexibility index (Phi) is 1.96. The van der Waals surface area contributed by atoms with Crippen molar-refractivity contribution in [2.24, 2.45) is 0 Å². The third kappa shape index (κ3) is 1.46. The summed E-state index contributed by atoms with van der Waals surface area (Å²) in [6.45, 7) is 2.03. The van der Waals surface area contributed by atoms with Gasteiger partial charge in [-0.3, -0.25) is 4.98 Å². The maximum Gasteiger partial charge on any atom is 0.140 e. The molecular formula is C13H11N3. The zero-order valence-corrected chi connectivity index (χ0v) is 8.94. The van der Waals surface area contributed by atoms with Crippen molar-refractivity contribution in [1.82, 2.24) is 15.0 Å². The van der Waals surface area contributed by atoms with Crippen molar-refractivity contribution >= 4 is 11.0 Å². The van der Waals surface area contributed by atoms with Gasteiger partial charge < -0.3 is 4.98 Å². The molecule has 16 heavy (non-hydrogen) atoms. The molecule has 0 bridgehead atoms. The first-order valence-corrected chi connectivity index (χ1v) is 5.20. The van der Waals surface area contributed by atoms with Gasteiger partial charge in [0.05, 0.1) is 11.0 Å². The Morgan fingerprint density at radius 3 is 2.81 bits per heavy atom.